The van der Waals surface area contributed by atoms with Crippen LogP contribution in [-0.2, 0) is 13.0 Å². The van der Waals surface area contributed by atoms with Gasteiger partial charge in [0.1, 0.15) is 11.6 Å². The predicted molar refractivity (Wildman–Crippen MR) is 146 cm³/mol. The Bertz CT molecular complexity index is 1530. The molecule has 8 heteroatoms. The summed E-state index contributed by atoms with van der Waals surface area (Å²) >= 11 is 3.55. The van der Waals surface area contributed by atoms with Crippen LogP contribution in [0, 0.1) is 13.8 Å². The molecule has 7 nitrogen and oxygen atoms in total. The molecule has 0 saturated carbocycles. The van der Waals surface area contributed by atoms with Crippen molar-refractivity contribution >= 4 is 38.5 Å². The Kier molecular flexibility index (Phi) is 6.84. The Morgan fingerprint density at radius 2 is 1.83 bits per heavy atom. The fourth-order valence-electron chi connectivity index (χ4n) is 4.49. The molecule has 0 aliphatic heterocycles. The molecule has 0 fully saturated rings. The lowest BCUT2D eigenvalue weighted by Crippen LogP contribution is -2.45. The topological polar surface area (TPSA) is 88.6 Å². The van der Waals surface area contributed by atoms with E-state index in [2.05, 4.69) is 20.9 Å². The number of fused-ring (bicyclic) bond motifs is 1. The van der Waals surface area contributed by atoms with E-state index in [4.69, 9.17) is 4.42 Å². The summed E-state index contributed by atoms with van der Waals surface area (Å²) in [5.74, 6) is 1.33. The van der Waals surface area contributed by atoms with E-state index >= 15 is 0 Å². The molecule has 0 saturated heterocycles. The highest BCUT2D eigenvalue weighted by Crippen LogP contribution is 2.42. The molecule has 188 valence electrons. The van der Waals surface area contributed by atoms with Gasteiger partial charge in [-0.2, -0.15) is 0 Å². The van der Waals surface area contributed by atoms with Crippen LogP contribution in [0.4, 0.5) is 10.5 Å². The highest BCUT2D eigenvalue weighted by molar-refractivity contribution is 9.10. The molecule has 2 heterocycles. The molecule has 36 heavy (non-hydrogen) atoms. The van der Waals surface area contributed by atoms with Gasteiger partial charge < -0.3 is 9.52 Å². The number of carbonyl (C=O) groups is 1. The zero-order valence-corrected chi connectivity index (χ0v) is 22.9. The molecule has 0 aliphatic rings. The second-order valence-corrected chi connectivity index (χ2v) is 10.6. The second kappa shape index (κ2) is 9.58. The van der Waals surface area contributed by atoms with Crippen LogP contribution in [0.25, 0.3) is 22.1 Å². The van der Waals surface area contributed by atoms with Gasteiger partial charge in [0.25, 0.3) is 5.56 Å². The van der Waals surface area contributed by atoms with Crippen LogP contribution in [0.5, 0.6) is 0 Å². The molecular weight excluding hydrogens is 522 g/mol. The van der Waals surface area contributed by atoms with Gasteiger partial charge in [0, 0.05) is 39.6 Å². The Hall–Kier alpha value is -3.39. The number of halogens is 1. The SMILES string of the molecule is CCc1nc(C)c(C)c(=O)n1Cc1ccc2c(-c3ccccc3N(C(=O)O)C(C)(C)C)oc(Br)c2c1. The van der Waals surface area contributed by atoms with Crippen LogP contribution < -0.4 is 10.5 Å². The second-order valence-electron chi connectivity index (χ2n) is 9.87. The van der Waals surface area contributed by atoms with Crippen LogP contribution in [0.2, 0.25) is 0 Å². The van der Waals surface area contributed by atoms with E-state index in [0.29, 0.717) is 40.2 Å². The summed E-state index contributed by atoms with van der Waals surface area (Å²) in [7, 11) is 0. The number of anilines is 1. The summed E-state index contributed by atoms with van der Waals surface area (Å²) in [6.45, 7) is 11.6. The molecule has 2 aromatic carbocycles. The number of nitrogens with zero attached hydrogens (tertiary/aromatic N) is 3. The van der Waals surface area contributed by atoms with Crippen LogP contribution in [-0.4, -0.2) is 26.3 Å². The quantitative estimate of drug-likeness (QED) is 0.290. The van der Waals surface area contributed by atoms with Gasteiger partial charge in [-0.1, -0.05) is 31.2 Å². The first-order valence-electron chi connectivity index (χ1n) is 11.8. The van der Waals surface area contributed by atoms with Crippen molar-refractivity contribution in [3.05, 3.63) is 80.1 Å². The fourth-order valence-corrected chi connectivity index (χ4v) is 4.98. The number of aromatic nitrogens is 2. The molecule has 2 aromatic heterocycles. The fraction of sp³-hybridized carbons (Fsp3) is 0.321. The van der Waals surface area contributed by atoms with E-state index in [9.17, 15) is 14.7 Å². The van der Waals surface area contributed by atoms with Gasteiger partial charge in [-0.15, -0.1) is 0 Å². The van der Waals surface area contributed by atoms with E-state index in [0.717, 1.165) is 27.9 Å². The third-order valence-corrected chi connectivity index (χ3v) is 6.95. The van der Waals surface area contributed by atoms with Gasteiger partial charge in [-0.05, 0) is 74.3 Å². The van der Waals surface area contributed by atoms with E-state index in [-0.39, 0.29) is 5.56 Å². The van der Waals surface area contributed by atoms with Gasteiger partial charge in [-0.25, -0.2) is 9.78 Å². The third-order valence-electron chi connectivity index (χ3n) is 6.36. The van der Waals surface area contributed by atoms with Crippen LogP contribution in [0.15, 0.2) is 56.3 Å². The van der Waals surface area contributed by atoms with Crippen LogP contribution >= 0.6 is 15.9 Å². The summed E-state index contributed by atoms with van der Waals surface area (Å²) in [6, 6.07) is 13.3. The lowest BCUT2D eigenvalue weighted by atomic mass is 10.00. The number of hydrogen-bond donors (Lipinski definition) is 1. The van der Waals surface area contributed by atoms with E-state index < -0.39 is 11.6 Å². The molecule has 1 amide bonds. The van der Waals surface area contributed by atoms with Gasteiger partial charge in [-0.3, -0.25) is 14.3 Å². The van der Waals surface area contributed by atoms with E-state index in [1.54, 1.807) is 17.6 Å². The van der Waals surface area contributed by atoms with Crippen molar-refractivity contribution in [3.63, 3.8) is 0 Å². The number of rotatable bonds is 5. The average molecular weight is 552 g/mol. The maximum atomic E-state index is 13.0. The molecule has 4 rings (SSSR count). The lowest BCUT2D eigenvalue weighted by Gasteiger charge is -2.34. The minimum absolute atomic E-state index is 0.0312. The smallest absolute Gasteiger partial charge is 0.412 e. The van der Waals surface area contributed by atoms with E-state index in [1.807, 2.05) is 71.0 Å². The van der Waals surface area contributed by atoms with Crippen molar-refractivity contribution in [2.24, 2.45) is 0 Å². The van der Waals surface area contributed by atoms with Gasteiger partial charge in [0.15, 0.2) is 4.67 Å². The summed E-state index contributed by atoms with van der Waals surface area (Å²) < 4.78 is 8.43. The normalized spacial score (nSPS) is 11.8. The number of hydrogen-bond acceptors (Lipinski definition) is 4. The lowest BCUT2D eigenvalue weighted by molar-refractivity contribution is 0.195. The van der Waals surface area contributed by atoms with E-state index in [1.165, 1.54) is 4.90 Å². The third kappa shape index (κ3) is 4.57. The minimum Gasteiger partial charge on any atom is -0.465 e. The number of benzene rings is 2. The molecule has 0 atom stereocenters. The largest absolute Gasteiger partial charge is 0.465 e. The Morgan fingerprint density at radius 3 is 2.47 bits per heavy atom. The summed E-state index contributed by atoms with van der Waals surface area (Å²) in [4.78, 5) is 31.1. The summed E-state index contributed by atoms with van der Waals surface area (Å²) in [6.07, 6.45) is -0.380. The zero-order valence-electron chi connectivity index (χ0n) is 21.3. The van der Waals surface area contributed by atoms with Crippen LogP contribution in [0.3, 0.4) is 0 Å². The van der Waals surface area contributed by atoms with Crippen molar-refractivity contribution in [1.82, 2.24) is 9.55 Å². The maximum Gasteiger partial charge on any atom is 0.412 e. The molecule has 0 spiro atoms. The Labute approximate surface area is 218 Å². The van der Waals surface area contributed by atoms with Crippen molar-refractivity contribution in [2.45, 2.75) is 60.0 Å². The Morgan fingerprint density at radius 1 is 1.14 bits per heavy atom. The Balaban J connectivity index is 1.83. The summed E-state index contributed by atoms with van der Waals surface area (Å²) in [5.41, 5.74) is 2.89. The standard InChI is InChI=1S/C28H30BrN3O4/c1-7-23-30-17(3)16(2)26(33)31(23)15-18-12-13-19-21(14-18)25(29)36-24(19)20-10-8-9-11-22(20)32(27(34)35)28(4,5)6/h8-14H,7,15H2,1-6H3,(H,34,35). The maximum absolute atomic E-state index is 13.0. The minimum atomic E-state index is -1.04. The van der Waals surface area contributed by atoms with Crippen LogP contribution in [0.1, 0.15) is 50.3 Å². The van der Waals surface area contributed by atoms with Crippen molar-refractivity contribution < 1.29 is 14.3 Å². The highest BCUT2D eigenvalue weighted by atomic mass is 79.9. The van der Waals surface area contributed by atoms with Gasteiger partial charge in [0.2, 0.25) is 0 Å². The summed E-state index contributed by atoms with van der Waals surface area (Å²) in [5, 5.41) is 11.7. The predicted octanol–water partition coefficient (Wildman–Crippen LogP) is 6.93. The zero-order chi connectivity index (χ0) is 26.4. The van der Waals surface area contributed by atoms with Crippen molar-refractivity contribution in [1.29, 1.82) is 0 Å². The average Bonchev–Trinajstić information content (AvgIpc) is 3.14. The number of carboxylic acid groups (broad SMARTS) is 1. The molecule has 0 radical (unpaired) electrons. The first-order chi connectivity index (χ1) is 16.9. The number of aryl methyl sites for hydroxylation is 2. The monoisotopic (exact) mass is 551 g/mol. The highest BCUT2D eigenvalue weighted by Gasteiger charge is 2.31. The molecule has 0 aliphatic carbocycles. The van der Waals surface area contributed by atoms with Gasteiger partial charge >= 0.3 is 6.09 Å². The van der Waals surface area contributed by atoms with Gasteiger partial charge in [0.05, 0.1) is 12.2 Å². The first-order valence-corrected chi connectivity index (χ1v) is 12.6. The molecule has 4 aromatic rings. The molecule has 0 bridgehead atoms. The molecule has 1 N–H and O–H groups in total. The number of para-hydroxylation sites is 1. The first kappa shape index (κ1) is 25.7. The number of amides is 1. The molecule has 0 unspecified atom stereocenters. The number of furan rings is 1. The van der Waals surface area contributed by atoms with Crippen molar-refractivity contribution in [2.75, 3.05) is 4.90 Å². The molecular formula is C28H30BrN3O4. The van der Waals surface area contributed by atoms with Crippen molar-refractivity contribution in [3.8, 4) is 11.3 Å².